The quantitative estimate of drug-likeness (QED) is 0.463. The van der Waals surface area contributed by atoms with Gasteiger partial charge in [-0.15, -0.1) is 0 Å². The maximum Gasteiger partial charge on any atom is 0.340 e. The Morgan fingerprint density at radius 1 is 1.21 bits per heavy atom. The van der Waals surface area contributed by atoms with E-state index in [1.54, 1.807) is 42.2 Å². The fourth-order valence-electron chi connectivity index (χ4n) is 3.87. The summed E-state index contributed by atoms with van der Waals surface area (Å²) < 4.78 is 36.9. The van der Waals surface area contributed by atoms with Crippen LogP contribution >= 0.6 is 11.6 Å². The van der Waals surface area contributed by atoms with E-state index in [1.807, 2.05) is 26.8 Å². The van der Waals surface area contributed by atoms with E-state index in [0.717, 1.165) is 18.4 Å². The summed E-state index contributed by atoms with van der Waals surface area (Å²) in [5.41, 5.74) is 1.14. The van der Waals surface area contributed by atoms with Gasteiger partial charge in [0.2, 0.25) is 5.91 Å². The Bertz CT molecular complexity index is 1070. The number of amides is 1. The van der Waals surface area contributed by atoms with Crippen molar-refractivity contribution in [2.45, 2.75) is 64.5 Å². The Morgan fingerprint density at radius 2 is 1.94 bits per heavy atom. The van der Waals surface area contributed by atoms with Gasteiger partial charge in [-0.1, -0.05) is 56.6 Å². The minimum absolute atomic E-state index is 0.0249. The highest BCUT2D eigenvalue weighted by Crippen LogP contribution is 2.29. The number of rotatable bonds is 8. The van der Waals surface area contributed by atoms with Crippen LogP contribution in [0, 0.1) is 12.3 Å². The Balaban J connectivity index is 1.80. The second-order valence-electron chi connectivity index (χ2n) is 9.72. The molecule has 0 aliphatic carbocycles. The van der Waals surface area contributed by atoms with Crippen LogP contribution in [0.5, 0.6) is 5.75 Å². The molecule has 0 saturated carbocycles. The van der Waals surface area contributed by atoms with E-state index < -0.39 is 10.1 Å². The third-order valence-electron chi connectivity index (χ3n) is 5.37. The molecule has 1 atom stereocenters. The van der Waals surface area contributed by atoms with Gasteiger partial charge in [-0.05, 0) is 54.5 Å². The van der Waals surface area contributed by atoms with Crippen LogP contribution in [0.25, 0.3) is 0 Å². The van der Waals surface area contributed by atoms with Gasteiger partial charge < -0.3 is 13.8 Å². The van der Waals surface area contributed by atoms with E-state index in [2.05, 4.69) is 0 Å². The molecule has 6 nitrogen and oxygen atoms in total. The lowest BCUT2D eigenvalue weighted by Gasteiger charge is -2.29. The van der Waals surface area contributed by atoms with Gasteiger partial charge in [0.05, 0.1) is 11.1 Å². The molecular weight excluding hydrogens is 462 g/mol. The maximum atomic E-state index is 13.1. The number of halogens is 1. The summed E-state index contributed by atoms with van der Waals surface area (Å²) in [5, 5.41) is 0.113. The zero-order valence-electron chi connectivity index (χ0n) is 19.6. The van der Waals surface area contributed by atoms with Gasteiger partial charge >= 0.3 is 10.1 Å². The number of carbonyl (C=O) groups is 1. The van der Waals surface area contributed by atoms with Crippen molar-refractivity contribution in [2.75, 3.05) is 13.2 Å². The fraction of sp³-hybridized carbons (Fsp3) is 0.480. The highest BCUT2D eigenvalue weighted by molar-refractivity contribution is 7.87. The molecule has 0 aromatic heterocycles. The molecule has 1 fully saturated rings. The summed E-state index contributed by atoms with van der Waals surface area (Å²) in [7, 11) is -4.11. The first kappa shape index (κ1) is 25.5. The molecule has 3 rings (SSSR count). The summed E-state index contributed by atoms with van der Waals surface area (Å²) >= 11 is 6.13. The fourth-order valence-corrected chi connectivity index (χ4v) is 5.59. The lowest BCUT2D eigenvalue weighted by atomic mass is 9.91. The van der Waals surface area contributed by atoms with Crippen molar-refractivity contribution in [3.63, 3.8) is 0 Å². The number of hydrogen-bond acceptors (Lipinski definition) is 5. The van der Waals surface area contributed by atoms with Crippen molar-refractivity contribution in [1.82, 2.24) is 4.90 Å². The van der Waals surface area contributed by atoms with Gasteiger partial charge in [0.1, 0.15) is 10.6 Å². The lowest BCUT2D eigenvalue weighted by Crippen LogP contribution is -2.38. The monoisotopic (exact) mass is 493 g/mol. The van der Waals surface area contributed by atoms with Gasteiger partial charge in [0.15, 0.2) is 0 Å². The first-order chi connectivity index (χ1) is 15.4. The van der Waals surface area contributed by atoms with E-state index in [4.69, 9.17) is 20.5 Å². The van der Waals surface area contributed by atoms with Crippen molar-refractivity contribution in [1.29, 1.82) is 0 Å². The van der Waals surface area contributed by atoms with E-state index in [9.17, 15) is 13.2 Å². The number of nitrogens with zero attached hydrogens (tertiary/aromatic N) is 1. The number of aryl methyl sites for hydroxylation is 1. The summed E-state index contributed by atoms with van der Waals surface area (Å²) in [5.74, 6) is 0.218. The summed E-state index contributed by atoms with van der Waals surface area (Å²) in [6.07, 6.45) is 2.36. The SMILES string of the molecule is Cc1cccc(Cl)c1S(=O)(=O)Oc1cccc(CN(CC2CCCO2)C(=O)CC(C)(C)C)c1. The molecule has 1 saturated heterocycles. The molecule has 1 heterocycles. The molecule has 2 aromatic carbocycles. The third-order valence-corrected chi connectivity index (χ3v) is 7.25. The van der Waals surface area contributed by atoms with E-state index in [-0.39, 0.29) is 33.1 Å². The molecule has 33 heavy (non-hydrogen) atoms. The summed E-state index contributed by atoms with van der Waals surface area (Å²) in [6, 6.07) is 11.7. The molecule has 0 spiro atoms. The molecule has 2 aromatic rings. The number of benzene rings is 2. The molecule has 180 valence electrons. The van der Waals surface area contributed by atoms with Gasteiger partial charge in [-0.3, -0.25) is 4.79 Å². The Hall–Kier alpha value is -2.09. The van der Waals surface area contributed by atoms with Crippen LogP contribution in [-0.2, 0) is 26.2 Å². The van der Waals surface area contributed by atoms with Crippen molar-refractivity contribution >= 4 is 27.6 Å². The van der Waals surface area contributed by atoms with Crippen LogP contribution in [0.4, 0.5) is 0 Å². The topological polar surface area (TPSA) is 72.9 Å². The zero-order chi connectivity index (χ0) is 24.2. The van der Waals surface area contributed by atoms with E-state index in [0.29, 0.717) is 31.7 Å². The lowest BCUT2D eigenvalue weighted by molar-refractivity contribution is -0.135. The predicted molar refractivity (Wildman–Crippen MR) is 129 cm³/mol. The molecule has 0 radical (unpaired) electrons. The zero-order valence-corrected chi connectivity index (χ0v) is 21.2. The van der Waals surface area contributed by atoms with Crippen molar-refractivity contribution in [3.8, 4) is 5.75 Å². The minimum Gasteiger partial charge on any atom is -0.379 e. The maximum absolute atomic E-state index is 13.1. The van der Waals surface area contributed by atoms with Gasteiger partial charge in [-0.25, -0.2) is 0 Å². The van der Waals surface area contributed by atoms with E-state index >= 15 is 0 Å². The van der Waals surface area contributed by atoms with Crippen LogP contribution in [0.15, 0.2) is 47.4 Å². The first-order valence-electron chi connectivity index (χ1n) is 11.1. The van der Waals surface area contributed by atoms with Gasteiger partial charge in [-0.2, -0.15) is 8.42 Å². The number of hydrogen-bond donors (Lipinski definition) is 0. The number of carbonyl (C=O) groups excluding carboxylic acids is 1. The highest BCUT2D eigenvalue weighted by Gasteiger charge is 2.27. The van der Waals surface area contributed by atoms with Crippen molar-refractivity contribution in [2.24, 2.45) is 5.41 Å². The smallest absolute Gasteiger partial charge is 0.340 e. The van der Waals surface area contributed by atoms with Crippen molar-refractivity contribution < 1.29 is 22.1 Å². The summed E-state index contributed by atoms with van der Waals surface area (Å²) in [6.45, 7) is 9.34. The van der Waals surface area contributed by atoms with Crippen molar-refractivity contribution in [3.05, 3.63) is 58.6 Å². The molecule has 0 bridgehead atoms. The van der Waals surface area contributed by atoms with Crippen LogP contribution in [0.3, 0.4) is 0 Å². The minimum atomic E-state index is -4.11. The van der Waals surface area contributed by atoms with Crippen LogP contribution in [0.2, 0.25) is 5.02 Å². The van der Waals surface area contributed by atoms with E-state index in [1.165, 1.54) is 6.07 Å². The normalized spacial score (nSPS) is 16.6. The second kappa shape index (κ2) is 10.5. The molecule has 1 aliphatic rings. The Morgan fingerprint density at radius 3 is 2.58 bits per heavy atom. The Labute approximate surface area is 202 Å². The molecule has 1 unspecified atom stereocenters. The molecular formula is C25H32ClNO5S. The second-order valence-corrected chi connectivity index (χ2v) is 11.6. The first-order valence-corrected chi connectivity index (χ1v) is 12.9. The molecule has 8 heteroatoms. The number of ether oxygens (including phenoxy) is 1. The largest absolute Gasteiger partial charge is 0.379 e. The van der Waals surface area contributed by atoms with Crippen LogP contribution in [0.1, 0.15) is 51.2 Å². The average Bonchev–Trinajstić information content (AvgIpc) is 3.19. The highest BCUT2D eigenvalue weighted by atomic mass is 35.5. The van der Waals surface area contributed by atoms with Crippen LogP contribution in [-0.4, -0.2) is 38.5 Å². The standard InChI is InChI=1S/C25H32ClNO5S/c1-18-8-5-12-22(26)24(18)33(29,30)32-20-10-6-9-19(14-20)16-27(17-21-11-7-13-31-21)23(28)15-25(2,3)4/h5-6,8-10,12,14,21H,7,11,13,15-17H2,1-4H3. The summed E-state index contributed by atoms with van der Waals surface area (Å²) in [4.78, 5) is 14.8. The third kappa shape index (κ3) is 7.19. The molecule has 0 N–H and O–H groups in total. The predicted octanol–water partition coefficient (Wildman–Crippen LogP) is 5.36. The van der Waals surface area contributed by atoms with Gasteiger partial charge in [0, 0.05) is 26.1 Å². The molecule has 1 amide bonds. The van der Waals surface area contributed by atoms with Crippen LogP contribution < -0.4 is 4.18 Å². The van der Waals surface area contributed by atoms with Gasteiger partial charge in [0.25, 0.3) is 0 Å². The average molecular weight is 494 g/mol. The molecule has 1 aliphatic heterocycles. The Kier molecular flexibility index (Phi) is 8.08.